The second-order valence-corrected chi connectivity index (χ2v) is 7.83. The van der Waals surface area contributed by atoms with Gasteiger partial charge >= 0.3 is 0 Å². The van der Waals surface area contributed by atoms with Gasteiger partial charge in [-0.25, -0.2) is 4.39 Å². The quantitative estimate of drug-likeness (QED) is 0.467. The molecule has 1 aliphatic rings. The van der Waals surface area contributed by atoms with Crippen LogP contribution in [0.15, 0.2) is 78.9 Å². The average Bonchev–Trinajstić information content (AvgIpc) is 3.58. The average molecular weight is 402 g/mol. The fourth-order valence-electron chi connectivity index (χ4n) is 3.59. The van der Waals surface area contributed by atoms with Crippen LogP contribution in [0.2, 0.25) is 0 Å². The zero-order valence-corrected chi connectivity index (χ0v) is 16.6. The van der Waals surface area contributed by atoms with E-state index in [1.807, 2.05) is 54.6 Å². The molecule has 4 rings (SSSR count). The maximum Gasteiger partial charge on any atom is 0.150 e. The van der Waals surface area contributed by atoms with E-state index >= 15 is 0 Å². The van der Waals surface area contributed by atoms with E-state index in [0.29, 0.717) is 19.4 Å². The minimum atomic E-state index is -0.864. The van der Waals surface area contributed by atoms with Crippen molar-refractivity contribution in [2.24, 2.45) is 5.41 Å². The molecule has 1 saturated carbocycles. The lowest BCUT2D eigenvalue weighted by Crippen LogP contribution is -2.28. The first-order valence-electron chi connectivity index (χ1n) is 10.1. The fourth-order valence-corrected chi connectivity index (χ4v) is 3.59. The van der Waals surface area contributed by atoms with Crippen LogP contribution in [0.4, 0.5) is 4.39 Å². The van der Waals surface area contributed by atoms with Crippen molar-refractivity contribution in [1.29, 1.82) is 0 Å². The molecule has 152 valence electrons. The zero-order valence-electron chi connectivity index (χ0n) is 16.6. The Kier molecular flexibility index (Phi) is 5.75. The van der Waals surface area contributed by atoms with Crippen LogP contribution in [0, 0.1) is 11.2 Å². The molecule has 0 unspecified atom stereocenters. The molecule has 0 aliphatic heterocycles. The summed E-state index contributed by atoms with van der Waals surface area (Å²) < 4.78 is 18.8. The third-order valence-electron chi connectivity index (χ3n) is 5.63. The Morgan fingerprint density at radius 1 is 0.733 bits per heavy atom. The number of carbonyl (C=O) groups is 2. The number of carbonyl (C=O) groups excluding carboxylic acids is 2. The van der Waals surface area contributed by atoms with Gasteiger partial charge in [-0.2, -0.15) is 0 Å². The van der Waals surface area contributed by atoms with Gasteiger partial charge < -0.3 is 4.74 Å². The Hall–Kier alpha value is -3.27. The molecule has 30 heavy (non-hydrogen) atoms. The lowest BCUT2D eigenvalue weighted by molar-refractivity contribution is -0.133. The van der Waals surface area contributed by atoms with Crippen molar-refractivity contribution in [1.82, 2.24) is 0 Å². The molecule has 0 heterocycles. The summed E-state index contributed by atoms with van der Waals surface area (Å²) in [5, 5.41) is 0. The van der Waals surface area contributed by atoms with Gasteiger partial charge in [0.1, 0.15) is 18.2 Å². The summed E-state index contributed by atoms with van der Waals surface area (Å²) in [6.07, 6.45) is 1.60. The maximum atomic E-state index is 13.1. The van der Waals surface area contributed by atoms with Gasteiger partial charge in [0, 0.05) is 12.8 Å². The van der Waals surface area contributed by atoms with E-state index in [2.05, 4.69) is 0 Å². The number of Topliss-reactive ketones (excluding diaryl/α,β-unsaturated/α-hetero) is 2. The number of ether oxygens (including phenoxy) is 1. The van der Waals surface area contributed by atoms with Gasteiger partial charge in [-0.05, 0) is 53.8 Å². The topological polar surface area (TPSA) is 43.4 Å². The third kappa shape index (κ3) is 4.65. The van der Waals surface area contributed by atoms with Gasteiger partial charge in [0.2, 0.25) is 0 Å². The molecule has 0 spiro atoms. The highest BCUT2D eigenvalue weighted by Gasteiger charge is 2.54. The first kappa shape index (κ1) is 20.0. The Labute approximate surface area is 175 Å². The molecule has 0 radical (unpaired) electrons. The molecule has 1 fully saturated rings. The van der Waals surface area contributed by atoms with E-state index in [1.54, 1.807) is 12.1 Å². The minimum absolute atomic E-state index is 0.0347. The Morgan fingerprint density at radius 3 is 1.80 bits per heavy atom. The van der Waals surface area contributed by atoms with Crippen molar-refractivity contribution in [2.45, 2.75) is 32.3 Å². The molecular weight excluding hydrogens is 379 g/mol. The van der Waals surface area contributed by atoms with Crippen molar-refractivity contribution in [3.8, 4) is 5.75 Å². The van der Waals surface area contributed by atoms with E-state index in [1.165, 1.54) is 12.1 Å². The van der Waals surface area contributed by atoms with Crippen LogP contribution in [0.25, 0.3) is 0 Å². The van der Waals surface area contributed by atoms with Crippen LogP contribution in [0.1, 0.15) is 29.5 Å². The molecule has 3 aromatic carbocycles. The van der Waals surface area contributed by atoms with Crippen LogP contribution in [-0.4, -0.2) is 11.6 Å². The monoisotopic (exact) mass is 402 g/mol. The molecule has 0 bridgehead atoms. The summed E-state index contributed by atoms with van der Waals surface area (Å²) in [4.78, 5) is 25.6. The van der Waals surface area contributed by atoms with Crippen LogP contribution in [0.3, 0.4) is 0 Å². The smallest absolute Gasteiger partial charge is 0.150 e. The molecule has 3 nitrogen and oxygen atoms in total. The Bertz CT molecular complexity index is 1020. The van der Waals surface area contributed by atoms with Crippen LogP contribution in [0.5, 0.6) is 5.75 Å². The lowest BCUT2D eigenvalue weighted by Gasteiger charge is -2.13. The first-order chi connectivity index (χ1) is 14.5. The molecule has 4 heteroatoms. The second kappa shape index (κ2) is 8.62. The highest BCUT2D eigenvalue weighted by atomic mass is 19.1. The van der Waals surface area contributed by atoms with E-state index in [-0.39, 0.29) is 30.2 Å². The van der Waals surface area contributed by atoms with Gasteiger partial charge in [0.25, 0.3) is 0 Å². The summed E-state index contributed by atoms with van der Waals surface area (Å²) in [6, 6.07) is 23.2. The fraction of sp³-hybridized carbons (Fsp3) is 0.231. The summed E-state index contributed by atoms with van der Waals surface area (Å²) in [5.74, 6) is 0.303. The predicted molar refractivity (Wildman–Crippen MR) is 113 cm³/mol. The molecule has 0 aromatic heterocycles. The van der Waals surface area contributed by atoms with Crippen molar-refractivity contribution in [2.75, 3.05) is 0 Å². The zero-order chi connectivity index (χ0) is 21.0. The molecular formula is C26H23FO3. The van der Waals surface area contributed by atoms with E-state index in [4.69, 9.17) is 4.74 Å². The van der Waals surface area contributed by atoms with Gasteiger partial charge in [0.05, 0.1) is 5.41 Å². The van der Waals surface area contributed by atoms with Crippen molar-refractivity contribution in [3.05, 3.63) is 101 Å². The van der Waals surface area contributed by atoms with E-state index < -0.39 is 5.41 Å². The highest BCUT2D eigenvalue weighted by Crippen LogP contribution is 2.48. The van der Waals surface area contributed by atoms with Crippen molar-refractivity contribution in [3.63, 3.8) is 0 Å². The molecule has 0 amide bonds. The predicted octanol–water partition coefficient (Wildman–Crippen LogP) is 5.11. The Balaban J connectivity index is 1.33. The van der Waals surface area contributed by atoms with E-state index in [0.717, 1.165) is 22.4 Å². The van der Waals surface area contributed by atoms with Crippen molar-refractivity contribution < 1.29 is 18.7 Å². The number of ketones is 2. The largest absolute Gasteiger partial charge is 0.489 e. The highest BCUT2D eigenvalue weighted by molar-refractivity contribution is 6.10. The molecule has 1 aliphatic carbocycles. The number of hydrogen-bond donors (Lipinski definition) is 0. The minimum Gasteiger partial charge on any atom is -0.489 e. The van der Waals surface area contributed by atoms with Crippen LogP contribution in [-0.2, 0) is 29.0 Å². The van der Waals surface area contributed by atoms with Gasteiger partial charge in [-0.1, -0.05) is 54.6 Å². The maximum absolute atomic E-state index is 13.1. The number of hydrogen-bond acceptors (Lipinski definition) is 3. The van der Waals surface area contributed by atoms with E-state index in [9.17, 15) is 14.0 Å². The number of benzene rings is 3. The SMILES string of the molecule is O=C(Cc1ccc(F)cc1)C1(C(=O)Cc2ccc(OCc3ccccc3)cc2)CC1. The third-order valence-corrected chi connectivity index (χ3v) is 5.63. The molecule has 3 aromatic rings. The Morgan fingerprint density at radius 2 is 1.27 bits per heavy atom. The lowest BCUT2D eigenvalue weighted by atomic mass is 9.88. The van der Waals surface area contributed by atoms with Crippen LogP contribution >= 0.6 is 0 Å². The van der Waals surface area contributed by atoms with Crippen molar-refractivity contribution >= 4 is 11.6 Å². The van der Waals surface area contributed by atoms with Gasteiger partial charge in [0.15, 0.2) is 11.6 Å². The summed E-state index contributed by atoms with van der Waals surface area (Å²) in [7, 11) is 0. The summed E-state index contributed by atoms with van der Waals surface area (Å²) in [6.45, 7) is 0.486. The number of halogens is 1. The summed E-state index contributed by atoms with van der Waals surface area (Å²) in [5.41, 5.74) is 1.83. The van der Waals surface area contributed by atoms with Gasteiger partial charge in [-0.15, -0.1) is 0 Å². The normalized spacial score (nSPS) is 14.2. The first-order valence-corrected chi connectivity index (χ1v) is 10.1. The standard InChI is InChI=1S/C26H23FO3/c27-22-10-6-19(7-11-22)16-24(28)26(14-15-26)25(29)17-20-8-12-23(13-9-20)30-18-21-4-2-1-3-5-21/h1-13H,14-18H2. The molecule has 0 atom stereocenters. The second-order valence-electron chi connectivity index (χ2n) is 7.83. The van der Waals surface area contributed by atoms with Gasteiger partial charge in [-0.3, -0.25) is 9.59 Å². The molecule has 0 saturated heterocycles. The van der Waals surface area contributed by atoms with Crippen LogP contribution < -0.4 is 4.74 Å². The summed E-state index contributed by atoms with van der Waals surface area (Å²) >= 11 is 0. The molecule has 0 N–H and O–H groups in total. The number of rotatable bonds is 9.